The molecule has 1 aromatic carbocycles. The number of carbonyl (C=O) groups excluding carboxylic acids is 1. The summed E-state index contributed by atoms with van der Waals surface area (Å²) in [5.41, 5.74) is 1.11. The van der Waals surface area contributed by atoms with Crippen LogP contribution in [0.3, 0.4) is 0 Å². The summed E-state index contributed by atoms with van der Waals surface area (Å²) in [7, 11) is 4.14. The highest BCUT2D eigenvalue weighted by atomic mass is 16.3. The number of carbonyl (C=O) groups is 1. The van der Waals surface area contributed by atoms with Gasteiger partial charge in [-0.3, -0.25) is 4.79 Å². The highest BCUT2D eigenvalue weighted by molar-refractivity contribution is 5.91. The largest absolute Gasteiger partial charge is 0.465 e. The molecule has 0 unspecified atom stereocenters. The van der Waals surface area contributed by atoms with E-state index in [0.717, 1.165) is 12.1 Å². The van der Waals surface area contributed by atoms with E-state index in [1.807, 2.05) is 36.4 Å². The molecular formula is C17H21N2O2+. The van der Waals surface area contributed by atoms with Crippen LogP contribution in [0.2, 0.25) is 0 Å². The van der Waals surface area contributed by atoms with Crippen molar-refractivity contribution >= 4 is 12.0 Å². The van der Waals surface area contributed by atoms with Gasteiger partial charge in [-0.15, -0.1) is 0 Å². The van der Waals surface area contributed by atoms with E-state index < -0.39 is 0 Å². The zero-order valence-electron chi connectivity index (χ0n) is 12.4. The number of nitrogens with one attached hydrogen (secondary N) is 2. The van der Waals surface area contributed by atoms with E-state index in [9.17, 15) is 4.79 Å². The second-order valence-electron chi connectivity index (χ2n) is 5.23. The van der Waals surface area contributed by atoms with Gasteiger partial charge in [-0.05, 0) is 23.8 Å². The Morgan fingerprint density at radius 1 is 1.24 bits per heavy atom. The number of furan rings is 1. The molecule has 1 amide bonds. The Bertz CT molecular complexity index is 574. The predicted octanol–water partition coefficient (Wildman–Crippen LogP) is 1.29. The van der Waals surface area contributed by atoms with Crippen LogP contribution in [0.15, 0.2) is 59.2 Å². The molecule has 2 aromatic rings. The number of benzene rings is 1. The minimum atomic E-state index is -0.124. The normalized spacial score (nSPS) is 12.7. The Morgan fingerprint density at radius 2 is 2.00 bits per heavy atom. The summed E-state index contributed by atoms with van der Waals surface area (Å²) in [4.78, 5) is 13.3. The van der Waals surface area contributed by atoms with Gasteiger partial charge in [-0.2, -0.15) is 0 Å². The first-order valence-electron chi connectivity index (χ1n) is 7.01. The van der Waals surface area contributed by atoms with E-state index in [2.05, 4.69) is 19.4 Å². The molecule has 0 saturated carbocycles. The molecular weight excluding hydrogens is 264 g/mol. The van der Waals surface area contributed by atoms with Gasteiger partial charge in [0.05, 0.1) is 20.4 Å². The first-order valence-corrected chi connectivity index (χ1v) is 7.01. The van der Waals surface area contributed by atoms with Gasteiger partial charge in [0.2, 0.25) is 5.91 Å². The fourth-order valence-corrected chi connectivity index (χ4v) is 2.11. The van der Waals surface area contributed by atoms with Crippen LogP contribution in [0.25, 0.3) is 6.08 Å². The van der Waals surface area contributed by atoms with Crippen molar-refractivity contribution in [3.05, 3.63) is 66.1 Å². The smallest absolute Gasteiger partial charge is 0.244 e. The van der Waals surface area contributed by atoms with Crippen LogP contribution in [0.1, 0.15) is 17.4 Å². The van der Waals surface area contributed by atoms with E-state index in [0.29, 0.717) is 5.76 Å². The van der Waals surface area contributed by atoms with Crippen LogP contribution in [0.4, 0.5) is 0 Å². The van der Waals surface area contributed by atoms with E-state index in [-0.39, 0.29) is 11.9 Å². The fourth-order valence-electron chi connectivity index (χ4n) is 2.11. The van der Waals surface area contributed by atoms with Gasteiger partial charge in [0, 0.05) is 6.08 Å². The molecule has 0 aliphatic carbocycles. The van der Waals surface area contributed by atoms with Gasteiger partial charge < -0.3 is 14.6 Å². The lowest BCUT2D eigenvalue weighted by atomic mass is 10.1. The van der Waals surface area contributed by atoms with Crippen molar-refractivity contribution in [1.82, 2.24) is 5.32 Å². The molecule has 2 rings (SSSR count). The second kappa shape index (κ2) is 7.45. The summed E-state index contributed by atoms with van der Waals surface area (Å²) in [5, 5.41) is 3.04. The maximum Gasteiger partial charge on any atom is 0.244 e. The Labute approximate surface area is 125 Å². The third-order valence-electron chi connectivity index (χ3n) is 3.07. The van der Waals surface area contributed by atoms with Crippen molar-refractivity contribution in [3.8, 4) is 0 Å². The van der Waals surface area contributed by atoms with E-state index in [1.165, 1.54) is 11.0 Å². The first-order chi connectivity index (χ1) is 10.1. The van der Waals surface area contributed by atoms with Crippen molar-refractivity contribution in [2.45, 2.75) is 6.04 Å². The molecule has 110 valence electrons. The number of hydrogen-bond acceptors (Lipinski definition) is 2. The predicted molar refractivity (Wildman–Crippen MR) is 82.7 cm³/mol. The molecule has 1 atom stereocenters. The summed E-state index contributed by atoms with van der Waals surface area (Å²) >= 11 is 0. The molecule has 0 aliphatic heterocycles. The summed E-state index contributed by atoms with van der Waals surface area (Å²) in [6, 6.07) is 13.6. The summed E-state index contributed by atoms with van der Waals surface area (Å²) in [6.45, 7) is 0.824. The van der Waals surface area contributed by atoms with E-state index in [1.54, 1.807) is 18.4 Å². The number of amides is 1. The number of quaternary nitrogens is 1. The molecule has 21 heavy (non-hydrogen) atoms. The highest BCUT2D eigenvalue weighted by Gasteiger charge is 2.16. The molecule has 0 radical (unpaired) electrons. The van der Waals surface area contributed by atoms with Crippen LogP contribution in [0.5, 0.6) is 0 Å². The van der Waals surface area contributed by atoms with Gasteiger partial charge >= 0.3 is 0 Å². The molecule has 4 nitrogen and oxygen atoms in total. The van der Waals surface area contributed by atoms with Gasteiger partial charge in [0.15, 0.2) is 0 Å². The van der Waals surface area contributed by atoms with Crippen LogP contribution in [-0.4, -0.2) is 26.5 Å². The van der Waals surface area contributed by atoms with Crippen molar-refractivity contribution in [2.24, 2.45) is 0 Å². The van der Waals surface area contributed by atoms with Crippen molar-refractivity contribution in [2.75, 3.05) is 20.6 Å². The van der Waals surface area contributed by atoms with Crippen LogP contribution in [0, 0.1) is 0 Å². The zero-order chi connectivity index (χ0) is 15.1. The molecule has 1 heterocycles. The lowest BCUT2D eigenvalue weighted by Crippen LogP contribution is -3.06. The quantitative estimate of drug-likeness (QED) is 0.786. The van der Waals surface area contributed by atoms with Crippen LogP contribution < -0.4 is 10.2 Å². The fraction of sp³-hybridized carbons (Fsp3) is 0.235. The Morgan fingerprint density at radius 3 is 2.62 bits per heavy atom. The summed E-state index contributed by atoms with van der Waals surface area (Å²) < 4.78 is 5.17. The minimum absolute atomic E-state index is 0.00930. The van der Waals surface area contributed by atoms with E-state index >= 15 is 0 Å². The standard InChI is InChI=1S/C17H20N2O2/c1-19(2)13-16(14-7-4-3-5-8-14)18-17(20)11-10-15-9-6-12-21-15/h3-12,16H,13H2,1-2H3,(H,18,20)/p+1/b11-10+/t16-/m1/s1. The van der Waals surface area contributed by atoms with Gasteiger partial charge in [-0.1, -0.05) is 30.3 Å². The number of hydrogen-bond donors (Lipinski definition) is 2. The third-order valence-corrected chi connectivity index (χ3v) is 3.07. The molecule has 2 N–H and O–H groups in total. The summed E-state index contributed by atoms with van der Waals surface area (Å²) in [5.74, 6) is 0.543. The molecule has 0 aliphatic rings. The van der Waals surface area contributed by atoms with Crippen molar-refractivity contribution < 1.29 is 14.1 Å². The van der Waals surface area contributed by atoms with Gasteiger partial charge in [0.1, 0.15) is 18.3 Å². The van der Waals surface area contributed by atoms with E-state index in [4.69, 9.17) is 4.42 Å². The lowest BCUT2D eigenvalue weighted by molar-refractivity contribution is -0.860. The average molecular weight is 285 g/mol. The van der Waals surface area contributed by atoms with Gasteiger partial charge in [0.25, 0.3) is 0 Å². The maximum atomic E-state index is 12.1. The third kappa shape index (κ3) is 4.93. The molecule has 0 fully saturated rings. The Kier molecular flexibility index (Phi) is 5.35. The second-order valence-corrected chi connectivity index (χ2v) is 5.23. The van der Waals surface area contributed by atoms with Gasteiger partial charge in [-0.25, -0.2) is 0 Å². The Balaban J connectivity index is 2.03. The molecule has 0 saturated heterocycles. The van der Waals surface area contributed by atoms with Crippen molar-refractivity contribution in [3.63, 3.8) is 0 Å². The zero-order valence-corrected chi connectivity index (χ0v) is 12.4. The SMILES string of the molecule is C[NH+](C)C[C@@H](NC(=O)/C=C/c1ccco1)c1ccccc1. The van der Waals surface area contributed by atoms with Crippen LogP contribution in [-0.2, 0) is 4.79 Å². The highest BCUT2D eigenvalue weighted by Crippen LogP contribution is 2.11. The number of rotatable bonds is 6. The average Bonchev–Trinajstić information content (AvgIpc) is 2.98. The minimum Gasteiger partial charge on any atom is -0.465 e. The molecule has 0 spiro atoms. The maximum absolute atomic E-state index is 12.1. The van der Waals surface area contributed by atoms with Crippen molar-refractivity contribution in [1.29, 1.82) is 0 Å². The topological polar surface area (TPSA) is 46.7 Å². The monoisotopic (exact) mass is 285 g/mol. The lowest BCUT2D eigenvalue weighted by Gasteiger charge is -2.20. The Hall–Kier alpha value is -2.33. The molecule has 4 heteroatoms. The number of likely N-dealkylation sites (N-methyl/N-ethyl adjacent to an activating group) is 1. The first kappa shape index (κ1) is 15.1. The summed E-state index contributed by atoms with van der Waals surface area (Å²) in [6.07, 6.45) is 4.75. The van der Waals surface area contributed by atoms with Crippen LogP contribution >= 0.6 is 0 Å². The molecule has 0 bridgehead atoms. The molecule has 1 aromatic heterocycles.